The van der Waals surface area contributed by atoms with Crippen LogP contribution in [0.4, 0.5) is 4.39 Å². The molecule has 0 aliphatic carbocycles. The highest BCUT2D eigenvalue weighted by atomic mass is 19.1. The molecule has 0 saturated carbocycles. The second-order valence-electron chi connectivity index (χ2n) is 4.27. The van der Waals surface area contributed by atoms with Gasteiger partial charge >= 0.3 is 5.97 Å². The third-order valence-corrected chi connectivity index (χ3v) is 2.83. The molecule has 1 atom stereocenters. The summed E-state index contributed by atoms with van der Waals surface area (Å²) in [5, 5.41) is 0. The number of terminal acetylenes is 1. The first kappa shape index (κ1) is 15.9. The van der Waals surface area contributed by atoms with Gasteiger partial charge in [0.25, 0.3) is 0 Å². The summed E-state index contributed by atoms with van der Waals surface area (Å²) in [6.07, 6.45) is 6.55. The van der Waals surface area contributed by atoms with E-state index < -0.39 is 17.7 Å². The third kappa shape index (κ3) is 4.51. The van der Waals surface area contributed by atoms with Gasteiger partial charge in [0, 0.05) is 12.0 Å². The zero-order chi connectivity index (χ0) is 15.0. The Balaban J connectivity index is 2.85. The molecule has 0 aromatic heterocycles. The molecular weight excluding hydrogens is 259 g/mol. The molecule has 0 aliphatic rings. The van der Waals surface area contributed by atoms with Crippen molar-refractivity contribution in [3.8, 4) is 12.3 Å². The van der Waals surface area contributed by atoms with Crippen molar-refractivity contribution in [2.24, 2.45) is 5.92 Å². The molecule has 0 bridgehead atoms. The highest BCUT2D eigenvalue weighted by Crippen LogP contribution is 2.18. The molecule has 0 heterocycles. The maximum atomic E-state index is 12.9. The fourth-order valence-corrected chi connectivity index (χ4v) is 1.82. The lowest BCUT2D eigenvalue weighted by molar-refractivity contribution is -0.146. The highest BCUT2D eigenvalue weighted by molar-refractivity contribution is 6.08. The Hall–Kier alpha value is -2.15. The second kappa shape index (κ2) is 8.11. The minimum Gasteiger partial charge on any atom is -0.465 e. The van der Waals surface area contributed by atoms with Gasteiger partial charge in [-0.3, -0.25) is 9.59 Å². The van der Waals surface area contributed by atoms with Gasteiger partial charge in [-0.2, -0.15) is 0 Å². The van der Waals surface area contributed by atoms with Crippen molar-refractivity contribution in [2.45, 2.75) is 26.2 Å². The standard InChI is InChI=1S/C16H17FO3/c1-3-5-6-7-14(16(19)20-4-2)15(18)12-8-10-13(17)11-9-12/h1,8-11,14H,4-7H2,2H3/t14-/m0/s1. The van der Waals surface area contributed by atoms with E-state index in [1.165, 1.54) is 24.3 Å². The van der Waals surface area contributed by atoms with E-state index in [1.807, 2.05) is 0 Å². The average Bonchev–Trinajstić information content (AvgIpc) is 2.44. The molecular formula is C16H17FO3. The van der Waals surface area contributed by atoms with Crippen LogP contribution in [0.25, 0.3) is 0 Å². The largest absolute Gasteiger partial charge is 0.465 e. The summed E-state index contributed by atoms with van der Waals surface area (Å²) in [7, 11) is 0. The molecule has 3 nitrogen and oxygen atoms in total. The number of ether oxygens (including phenoxy) is 1. The molecule has 0 spiro atoms. The van der Waals surface area contributed by atoms with Crippen LogP contribution in [0.2, 0.25) is 0 Å². The van der Waals surface area contributed by atoms with Crippen LogP contribution in [0.5, 0.6) is 0 Å². The maximum absolute atomic E-state index is 12.9. The predicted octanol–water partition coefficient (Wildman–Crippen LogP) is 2.99. The second-order valence-corrected chi connectivity index (χ2v) is 4.27. The Labute approximate surface area is 118 Å². The molecule has 0 saturated heterocycles. The van der Waals surface area contributed by atoms with E-state index in [1.54, 1.807) is 6.92 Å². The van der Waals surface area contributed by atoms with Gasteiger partial charge < -0.3 is 4.74 Å². The predicted molar refractivity (Wildman–Crippen MR) is 73.5 cm³/mol. The number of unbranched alkanes of at least 4 members (excludes halogenated alkanes) is 1. The fraction of sp³-hybridized carbons (Fsp3) is 0.375. The van der Waals surface area contributed by atoms with Crippen LogP contribution in [0.3, 0.4) is 0 Å². The lowest BCUT2D eigenvalue weighted by atomic mass is 9.92. The van der Waals surface area contributed by atoms with E-state index in [0.29, 0.717) is 24.8 Å². The molecule has 1 aromatic carbocycles. The van der Waals surface area contributed by atoms with E-state index in [2.05, 4.69) is 5.92 Å². The number of hydrogen-bond acceptors (Lipinski definition) is 3. The van der Waals surface area contributed by atoms with E-state index in [4.69, 9.17) is 11.2 Å². The molecule has 0 aliphatic heterocycles. The number of carbonyl (C=O) groups is 2. The Bertz CT molecular complexity index is 499. The van der Waals surface area contributed by atoms with Gasteiger partial charge in [-0.25, -0.2) is 4.39 Å². The molecule has 0 radical (unpaired) electrons. The van der Waals surface area contributed by atoms with Gasteiger partial charge in [-0.05, 0) is 44.0 Å². The van der Waals surface area contributed by atoms with Crippen LogP contribution in [-0.4, -0.2) is 18.4 Å². The smallest absolute Gasteiger partial charge is 0.316 e. The monoisotopic (exact) mass is 276 g/mol. The lowest BCUT2D eigenvalue weighted by Crippen LogP contribution is -2.26. The molecule has 1 aromatic rings. The topological polar surface area (TPSA) is 43.4 Å². The Morgan fingerprint density at radius 3 is 2.55 bits per heavy atom. The van der Waals surface area contributed by atoms with E-state index >= 15 is 0 Å². The summed E-state index contributed by atoms with van der Waals surface area (Å²) in [5.41, 5.74) is 0.296. The van der Waals surface area contributed by atoms with Crippen molar-refractivity contribution >= 4 is 11.8 Å². The zero-order valence-corrected chi connectivity index (χ0v) is 11.4. The zero-order valence-electron chi connectivity index (χ0n) is 11.4. The van der Waals surface area contributed by atoms with Gasteiger partial charge in [0.1, 0.15) is 11.7 Å². The van der Waals surface area contributed by atoms with Crippen molar-refractivity contribution in [2.75, 3.05) is 6.61 Å². The summed E-state index contributed by atoms with van der Waals surface area (Å²) in [6, 6.07) is 5.12. The van der Waals surface area contributed by atoms with Gasteiger partial charge in [0.2, 0.25) is 0 Å². The van der Waals surface area contributed by atoms with Crippen LogP contribution in [0.1, 0.15) is 36.5 Å². The quantitative estimate of drug-likeness (QED) is 0.253. The van der Waals surface area contributed by atoms with Crippen molar-refractivity contribution < 1.29 is 18.7 Å². The SMILES string of the molecule is C#CCCC[C@H](C(=O)OCC)C(=O)c1ccc(F)cc1. The third-order valence-electron chi connectivity index (χ3n) is 2.83. The van der Waals surface area contributed by atoms with Crippen LogP contribution in [0, 0.1) is 24.1 Å². The van der Waals surface area contributed by atoms with Gasteiger partial charge in [0.05, 0.1) is 6.61 Å². The number of rotatable bonds is 7. The highest BCUT2D eigenvalue weighted by Gasteiger charge is 2.28. The van der Waals surface area contributed by atoms with Gasteiger partial charge in [0.15, 0.2) is 5.78 Å². The molecule has 0 unspecified atom stereocenters. The number of benzene rings is 1. The number of hydrogen-bond donors (Lipinski definition) is 0. The molecule has 0 fully saturated rings. The van der Waals surface area contributed by atoms with Gasteiger partial charge in [-0.15, -0.1) is 12.3 Å². The molecule has 20 heavy (non-hydrogen) atoms. The van der Waals surface area contributed by atoms with Crippen molar-refractivity contribution in [3.63, 3.8) is 0 Å². The van der Waals surface area contributed by atoms with Crippen LogP contribution < -0.4 is 0 Å². The molecule has 1 rings (SSSR count). The normalized spacial score (nSPS) is 11.4. The van der Waals surface area contributed by atoms with E-state index in [-0.39, 0.29) is 12.4 Å². The minimum absolute atomic E-state index is 0.209. The van der Waals surface area contributed by atoms with Crippen LogP contribution >= 0.6 is 0 Å². The van der Waals surface area contributed by atoms with E-state index in [0.717, 1.165) is 0 Å². The fourth-order valence-electron chi connectivity index (χ4n) is 1.82. The maximum Gasteiger partial charge on any atom is 0.316 e. The summed E-state index contributed by atoms with van der Waals surface area (Å²) in [4.78, 5) is 24.1. The number of ketones is 1. The summed E-state index contributed by atoms with van der Waals surface area (Å²) in [6.45, 7) is 1.89. The molecule has 4 heteroatoms. The summed E-state index contributed by atoms with van der Waals surface area (Å²) in [5.74, 6) is 0.240. The number of carbonyl (C=O) groups excluding carboxylic acids is 2. The molecule has 0 amide bonds. The first-order valence-electron chi connectivity index (χ1n) is 6.50. The van der Waals surface area contributed by atoms with Gasteiger partial charge in [-0.1, -0.05) is 0 Å². The Morgan fingerprint density at radius 1 is 1.35 bits per heavy atom. The molecule has 0 N–H and O–H groups in total. The Kier molecular flexibility index (Phi) is 6.45. The minimum atomic E-state index is -0.881. The number of Topliss-reactive ketones (excluding diaryl/α,β-unsaturated/α-hetero) is 1. The summed E-state index contributed by atoms with van der Waals surface area (Å²) >= 11 is 0. The van der Waals surface area contributed by atoms with Crippen molar-refractivity contribution in [1.29, 1.82) is 0 Å². The average molecular weight is 276 g/mol. The summed E-state index contributed by atoms with van der Waals surface area (Å²) < 4.78 is 17.8. The first-order valence-corrected chi connectivity index (χ1v) is 6.50. The first-order chi connectivity index (χ1) is 9.60. The number of halogens is 1. The lowest BCUT2D eigenvalue weighted by Gasteiger charge is -2.14. The number of esters is 1. The molecule has 106 valence electrons. The van der Waals surface area contributed by atoms with Crippen molar-refractivity contribution in [3.05, 3.63) is 35.6 Å². The van der Waals surface area contributed by atoms with Crippen LogP contribution in [0.15, 0.2) is 24.3 Å². The van der Waals surface area contributed by atoms with Crippen LogP contribution in [-0.2, 0) is 9.53 Å². The van der Waals surface area contributed by atoms with E-state index in [9.17, 15) is 14.0 Å². The Morgan fingerprint density at radius 2 is 2.00 bits per heavy atom. The van der Waals surface area contributed by atoms with Crippen molar-refractivity contribution in [1.82, 2.24) is 0 Å².